The summed E-state index contributed by atoms with van der Waals surface area (Å²) >= 11 is 0. The van der Waals surface area contributed by atoms with Crippen LogP contribution in [0.15, 0.2) is 12.1 Å². The van der Waals surface area contributed by atoms with E-state index < -0.39 is 23.5 Å². The van der Waals surface area contributed by atoms with Gasteiger partial charge in [-0.1, -0.05) is 0 Å². The molecule has 20 heavy (non-hydrogen) atoms. The van der Waals surface area contributed by atoms with Crippen LogP contribution in [0.4, 0.5) is 14.7 Å². The minimum Gasteiger partial charge on any atom is -0.481 e. The lowest BCUT2D eigenvalue weighted by Gasteiger charge is -2.30. The molecule has 0 saturated carbocycles. The highest BCUT2D eigenvalue weighted by Crippen LogP contribution is 2.24. The molecular weight excluding hydrogens is 268 g/mol. The van der Waals surface area contributed by atoms with Crippen molar-refractivity contribution in [2.24, 2.45) is 5.92 Å². The molecule has 1 aliphatic rings. The molecule has 1 unspecified atom stereocenters. The van der Waals surface area contributed by atoms with Gasteiger partial charge in [-0.15, -0.1) is 0 Å². The van der Waals surface area contributed by atoms with Crippen molar-refractivity contribution in [2.75, 3.05) is 18.0 Å². The molecule has 1 fully saturated rings. The summed E-state index contributed by atoms with van der Waals surface area (Å²) in [7, 11) is 0. The first-order valence-electron chi connectivity index (χ1n) is 6.37. The van der Waals surface area contributed by atoms with Gasteiger partial charge in [0.25, 0.3) is 0 Å². The first-order chi connectivity index (χ1) is 9.54. The van der Waals surface area contributed by atoms with Gasteiger partial charge in [0.05, 0.1) is 17.0 Å². The maximum absolute atomic E-state index is 13.2. The van der Waals surface area contributed by atoms with Gasteiger partial charge in [-0.2, -0.15) is 0 Å². The van der Waals surface area contributed by atoms with E-state index in [1.165, 1.54) is 0 Å². The zero-order chi connectivity index (χ0) is 14.3. The number of carboxylic acid groups (broad SMARTS) is 1. The van der Waals surface area contributed by atoms with Crippen LogP contribution in [0.5, 0.6) is 0 Å². The highest BCUT2D eigenvalue weighted by atomic mass is 19.2. The largest absolute Gasteiger partial charge is 0.481 e. The number of hydrogen-bond donors (Lipinski definition) is 2. The Balaban J connectivity index is 1.92. The smallest absolute Gasteiger partial charge is 0.308 e. The fraction of sp³-hybridized carbons (Fsp3) is 0.385. The summed E-state index contributed by atoms with van der Waals surface area (Å²) in [5.74, 6) is -2.70. The minimum atomic E-state index is -0.947. The Morgan fingerprint density at radius 2 is 2.15 bits per heavy atom. The highest BCUT2D eigenvalue weighted by molar-refractivity contribution is 5.78. The number of carbonyl (C=O) groups is 1. The fourth-order valence-electron chi connectivity index (χ4n) is 2.51. The van der Waals surface area contributed by atoms with Crippen molar-refractivity contribution in [1.82, 2.24) is 9.97 Å². The van der Waals surface area contributed by atoms with Gasteiger partial charge in [-0.05, 0) is 12.8 Å². The van der Waals surface area contributed by atoms with Gasteiger partial charge < -0.3 is 15.0 Å². The van der Waals surface area contributed by atoms with Gasteiger partial charge in [0.15, 0.2) is 11.6 Å². The summed E-state index contributed by atoms with van der Waals surface area (Å²) in [4.78, 5) is 20.0. The number of rotatable bonds is 2. The number of aliphatic carboxylic acids is 1. The number of H-pyrrole nitrogens is 1. The number of nitrogens with one attached hydrogen (secondary N) is 1. The van der Waals surface area contributed by atoms with E-state index in [4.69, 9.17) is 5.11 Å². The van der Waals surface area contributed by atoms with Crippen molar-refractivity contribution in [2.45, 2.75) is 12.8 Å². The first-order valence-corrected chi connectivity index (χ1v) is 6.37. The average molecular weight is 281 g/mol. The molecule has 1 aromatic carbocycles. The molecule has 2 heterocycles. The monoisotopic (exact) mass is 281 g/mol. The van der Waals surface area contributed by atoms with Crippen LogP contribution >= 0.6 is 0 Å². The molecule has 5 nitrogen and oxygen atoms in total. The number of piperidine rings is 1. The van der Waals surface area contributed by atoms with Gasteiger partial charge >= 0.3 is 5.97 Å². The summed E-state index contributed by atoms with van der Waals surface area (Å²) in [5.41, 5.74) is 0.729. The maximum atomic E-state index is 13.2. The van der Waals surface area contributed by atoms with E-state index in [0.717, 1.165) is 18.6 Å². The van der Waals surface area contributed by atoms with Crippen LogP contribution in [0, 0.1) is 17.6 Å². The lowest BCUT2D eigenvalue weighted by Crippen LogP contribution is -2.39. The van der Waals surface area contributed by atoms with E-state index in [9.17, 15) is 13.6 Å². The fourth-order valence-corrected chi connectivity index (χ4v) is 2.51. The molecule has 0 radical (unpaired) electrons. The summed E-state index contributed by atoms with van der Waals surface area (Å²) < 4.78 is 26.3. The average Bonchev–Trinajstić information content (AvgIpc) is 2.82. The Kier molecular flexibility index (Phi) is 3.04. The SMILES string of the molecule is O=C(O)C1CCCN(c2nc3cc(F)c(F)cc3[nH]2)C1. The van der Waals surface area contributed by atoms with E-state index in [1.54, 1.807) is 4.90 Å². The van der Waals surface area contributed by atoms with Crippen molar-refractivity contribution in [3.63, 3.8) is 0 Å². The van der Waals surface area contributed by atoms with Gasteiger partial charge in [-0.3, -0.25) is 4.79 Å². The topological polar surface area (TPSA) is 69.2 Å². The lowest BCUT2D eigenvalue weighted by molar-refractivity contribution is -0.141. The molecule has 2 N–H and O–H groups in total. The van der Waals surface area contributed by atoms with Crippen molar-refractivity contribution in [3.05, 3.63) is 23.8 Å². The summed E-state index contributed by atoms with van der Waals surface area (Å²) in [6.45, 7) is 1.02. The lowest BCUT2D eigenvalue weighted by atomic mass is 9.99. The molecule has 1 aromatic heterocycles. The van der Waals surface area contributed by atoms with Crippen LogP contribution < -0.4 is 4.90 Å². The van der Waals surface area contributed by atoms with E-state index in [1.807, 2.05) is 0 Å². The van der Waals surface area contributed by atoms with E-state index in [2.05, 4.69) is 9.97 Å². The number of anilines is 1. The van der Waals surface area contributed by atoms with Crippen LogP contribution in [-0.4, -0.2) is 34.1 Å². The molecule has 0 spiro atoms. The molecule has 1 atom stereocenters. The molecule has 1 aliphatic heterocycles. The van der Waals surface area contributed by atoms with Crippen molar-refractivity contribution in [3.8, 4) is 0 Å². The molecular formula is C13H13F2N3O2. The second kappa shape index (κ2) is 4.73. The molecule has 0 aliphatic carbocycles. The molecule has 7 heteroatoms. The number of halogens is 2. The van der Waals surface area contributed by atoms with Crippen LogP contribution in [-0.2, 0) is 4.79 Å². The zero-order valence-electron chi connectivity index (χ0n) is 10.6. The standard InChI is InChI=1S/C13H13F2N3O2/c14-8-4-10-11(5-9(8)15)17-13(16-10)18-3-1-2-7(6-18)12(19)20/h4-5,7H,1-3,6H2,(H,16,17)(H,19,20). The Bertz CT molecular complexity index is 632. The van der Waals surface area contributed by atoms with E-state index in [0.29, 0.717) is 36.5 Å². The molecule has 0 bridgehead atoms. The number of fused-ring (bicyclic) bond motifs is 1. The number of aromatic nitrogens is 2. The summed E-state index contributed by atoms with van der Waals surface area (Å²) in [6, 6.07) is 2.09. The van der Waals surface area contributed by atoms with Gasteiger partial charge in [0, 0.05) is 25.2 Å². The number of benzene rings is 1. The molecule has 3 rings (SSSR count). The van der Waals surface area contributed by atoms with Crippen LogP contribution in [0.3, 0.4) is 0 Å². The normalized spacial score (nSPS) is 19.5. The summed E-state index contributed by atoms with van der Waals surface area (Å²) in [5, 5.41) is 9.06. The second-order valence-corrected chi connectivity index (χ2v) is 4.97. The van der Waals surface area contributed by atoms with Crippen molar-refractivity contribution in [1.29, 1.82) is 0 Å². The zero-order valence-corrected chi connectivity index (χ0v) is 10.6. The van der Waals surface area contributed by atoms with Gasteiger partial charge in [0.1, 0.15) is 0 Å². The highest BCUT2D eigenvalue weighted by Gasteiger charge is 2.27. The molecule has 2 aromatic rings. The van der Waals surface area contributed by atoms with Gasteiger partial charge in [-0.25, -0.2) is 13.8 Å². The van der Waals surface area contributed by atoms with Gasteiger partial charge in [0.2, 0.25) is 5.95 Å². The van der Waals surface area contributed by atoms with Crippen molar-refractivity contribution >= 4 is 23.0 Å². The number of aromatic amines is 1. The number of hydrogen-bond acceptors (Lipinski definition) is 3. The molecule has 1 saturated heterocycles. The third-order valence-electron chi connectivity index (χ3n) is 3.58. The number of nitrogens with zero attached hydrogens (tertiary/aromatic N) is 2. The predicted octanol–water partition coefficient (Wildman–Crippen LogP) is 2.14. The minimum absolute atomic E-state index is 0.330. The maximum Gasteiger partial charge on any atom is 0.308 e. The van der Waals surface area contributed by atoms with Crippen LogP contribution in [0.25, 0.3) is 11.0 Å². The van der Waals surface area contributed by atoms with E-state index in [-0.39, 0.29) is 0 Å². The number of imidazole rings is 1. The van der Waals surface area contributed by atoms with E-state index >= 15 is 0 Å². The molecule has 0 amide bonds. The predicted molar refractivity (Wildman–Crippen MR) is 68.6 cm³/mol. The van der Waals surface area contributed by atoms with Crippen LogP contribution in [0.1, 0.15) is 12.8 Å². The third-order valence-corrected chi connectivity index (χ3v) is 3.58. The Labute approximate surface area is 113 Å². The van der Waals surface area contributed by atoms with Crippen molar-refractivity contribution < 1.29 is 18.7 Å². The second-order valence-electron chi connectivity index (χ2n) is 4.97. The quantitative estimate of drug-likeness (QED) is 0.885. The Morgan fingerprint density at radius 3 is 2.90 bits per heavy atom. The van der Waals surface area contributed by atoms with Crippen LogP contribution in [0.2, 0.25) is 0 Å². The Hall–Kier alpha value is -2.18. The number of carboxylic acids is 1. The first kappa shape index (κ1) is 12.8. The Morgan fingerprint density at radius 1 is 1.40 bits per heavy atom. The molecule has 106 valence electrons. The summed E-state index contributed by atoms with van der Waals surface area (Å²) in [6.07, 6.45) is 1.38. The third kappa shape index (κ3) is 2.19.